The topological polar surface area (TPSA) is 58.3 Å². The molecule has 0 unspecified atom stereocenters. The molecule has 1 aromatic rings. The first-order chi connectivity index (χ1) is 7.13. The molecule has 1 saturated heterocycles. The van der Waals surface area contributed by atoms with Gasteiger partial charge in [-0.15, -0.1) is 0 Å². The molecule has 1 aliphatic rings. The van der Waals surface area contributed by atoms with Crippen LogP contribution in [-0.4, -0.2) is 18.2 Å². The van der Waals surface area contributed by atoms with Crippen LogP contribution in [0.2, 0.25) is 0 Å². The number of nitrogen functional groups attached to an aromatic ring is 1. The number of para-hydroxylation sites is 1. The van der Waals surface area contributed by atoms with Gasteiger partial charge in [0.2, 0.25) is 0 Å². The molecule has 0 radical (unpaired) electrons. The van der Waals surface area contributed by atoms with E-state index in [-0.39, 0.29) is 0 Å². The first-order valence-electron chi connectivity index (χ1n) is 5.42. The van der Waals surface area contributed by atoms with Crippen LogP contribution in [-0.2, 0) is 5.60 Å². The molecule has 0 aliphatic carbocycles. The van der Waals surface area contributed by atoms with Crippen molar-refractivity contribution in [2.75, 3.05) is 18.8 Å². The molecule has 0 spiro atoms. The fraction of sp³-hybridized carbons (Fsp3) is 0.500. The van der Waals surface area contributed by atoms with Gasteiger partial charge in [-0.2, -0.15) is 0 Å². The van der Waals surface area contributed by atoms with E-state index >= 15 is 0 Å². The highest BCUT2D eigenvalue weighted by Crippen LogP contribution is 2.35. The molecule has 1 heterocycles. The van der Waals surface area contributed by atoms with Crippen LogP contribution in [0.5, 0.6) is 0 Å². The molecule has 15 heavy (non-hydrogen) atoms. The highest BCUT2D eigenvalue weighted by atomic mass is 16.3. The normalized spacial score (nSPS) is 20.1. The van der Waals surface area contributed by atoms with Crippen molar-refractivity contribution < 1.29 is 5.11 Å². The number of aryl methyl sites for hydroxylation is 1. The molecule has 1 aliphatic heterocycles. The fourth-order valence-electron chi connectivity index (χ4n) is 2.20. The number of hydrogen-bond donors (Lipinski definition) is 3. The smallest absolute Gasteiger partial charge is 0.0940 e. The second-order valence-electron chi connectivity index (χ2n) is 4.32. The van der Waals surface area contributed by atoms with E-state index in [0.717, 1.165) is 42.7 Å². The Balaban J connectivity index is 2.39. The van der Waals surface area contributed by atoms with E-state index < -0.39 is 5.60 Å². The zero-order valence-electron chi connectivity index (χ0n) is 9.09. The Bertz CT molecular complexity index is 357. The lowest BCUT2D eigenvalue weighted by molar-refractivity contribution is 0.00662. The van der Waals surface area contributed by atoms with Crippen molar-refractivity contribution >= 4 is 5.69 Å². The Morgan fingerprint density at radius 2 is 2.00 bits per heavy atom. The Labute approximate surface area is 90.3 Å². The van der Waals surface area contributed by atoms with Gasteiger partial charge in [0.05, 0.1) is 5.60 Å². The van der Waals surface area contributed by atoms with E-state index in [1.807, 2.05) is 25.1 Å². The monoisotopic (exact) mass is 206 g/mol. The minimum absolute atomic E-state index is 0.735. The molecule has 0 atom stereocenters. The summed E-state index contributed by atoms with van der Waals surface area (Å²) in [6.07, 6.45) is 1.47. The number of aliphatic hydroxyl groups is 1. The summed E-state index contributed by atoms with van der Waals surface area (Å²) in [6, 6.07) is 5.87. The van der Waals surface area contributed by atoms with Crippen LogP contribution in [0.1, 0.15) is 24.0 Å². The van der Waals surface area contributed by atoms with Crippen LogP contribution in [0, 0.1) is 6.92 Å². The van der Waals surface area contributed by atoms with Crippen LogP contribution in [0.25, 0.3) is 0 Å². The zero-order valence-corrected chi connectivity index (χ0v) is 9.09. The Kier molecular flexibility index (Phi) is 2.67. The summed E-state index contributed by atoms with van der Waals surface area (Å²) in [5, 5.41) is 13.8. The van der Waals surface area contributed by atoms with Crippen LogP contribution in [0.15, 0.2) is 18.2 Å². The highest BCUT2D eigenvalue weighted by Gasteiger charge is 2.32. The maximum absolute atomic E-state index is 10.5. The Morgan fingerprint density at radius 3 is 2.67 bits per heavy atom. The van der Waals surface area contributed by atoms with Crippen LogP contribution < -0.4 is 11.1 Å². The first kappa shape index (κ1) is 10.5. The summed E-state index contributed by atoms with van der Waals surface area (Å²) in [7, 11) is 0. The lowest BCUT2D eigenvalue weighted by Gasteiger charge is -2.34. The summed E-state index contributed by atoms with van der Waals surface area (Å²) < 4.78 is 0. The van der Waals surface area contributed by atoms with Crippen molar-refractivity contribution in [2.45, 2.75) is 25.4 Å². The van der Waals surface area contributed by atoms with E-state index in [1.165, 1.54) is 0 Å². The molecule has 0 saturated carbocycles. The summed E-state index contributed by atoms with van der Waals surface area (Å²) in [5.74, 6) is 0. The maximum atomic E-state index is 10.5. The molecule has 2 rings (SSSR count). The van der Waals surface area contributed by atoms with E-state index in [4.69, 9.17) is 5.73 Å². The van der Waals surface area contributed by atoms with E-state index in [1.54, 1.807) is 0 Å². The Hall–Kier alpha value is -1.06. The summed E-state index contributed by atoms with van der Waals surface area (Å²) in [5.41, 5.74) is 7.96. The molecular formula is C12H18N2O. The third-order valence-electron chi connectivity index (χ3n) is 3.26. The molecule has 0 bridgehead atoms. The van der Waals surface area contributed by atoms with Crippen molar-refractivity contribution in [3.05, 3.63) is 29.3 Å². The van der Waals surface area contributed by atoms with Gasteiger partial charge in [-0.3, -0.25) is 0 Å². The van der Waals surface area contributed by atoms with Crippen molar-refractivity contribution in [1.82, 2.24) is 5.32 Å². The number of anilines is 1. The summed E-state index contributed by atoms with van der Waals surface area (Å²) in [4.78, 5) is 0. The van der Waals surface area contributed by atoms with E-state index in [0.29, 0.717) is 0 Å². The van der Waals surface area contributed by atoms with Crippen molar-refractivity contribution in [3.8, 4) is 0 Å². The van der Waals surface area contributed by atoms with Crippen molar-refractivity contribution in [1.29, 1.82) is 0 Å². The number of nitrogens with one attached hydrogen (secondary N) is 1. The molecule has 3 heteroatoms. The van der Waals surface area contributed by atoms with Gasteiger partial charge in [-0.25, -0.2) is 0 Å². The van der Waals surface area contributed by atoms with Gasteiger partial charge >= 0.3 is 0 Å². The predicted octanol–water partition coefficient (Wildman–Crippen LogP) is 1.15. The first-order valence-corrected chi connectivity index (χ1v) is 5.42. The van der Waals surface area contributed by atoms with Crippen LogP contribution in [0.3, 0.4) is 0 Å². The second kappa shape index (κ2) is 3.83. The average Bonchev–Trinajstić information content (AvgIpc) is 2.23. The second-order valence-corrected chi connectivity index (χ2v) is 4.32. The third kappa shape index (κ3) is 1.85. The van der Waals surface area contributed by atoms with Gasteiger partial charge in [0.25, 0.3) is 0 Å². The summed E-state index contributed by atoms with van der Waals surface area (Å²) >= 11 is 0. The molecule has 0 aromatic heterocycles. The van der Waals surface area contributed by atoms with Gasteiger partial charge in [0, 0.05) is 11.3 Å². The number of benzene rings is 1. The third-order valence-corrected chi connectivity index (χ3v) is 3.26. The molecule has 1 aromatic carbocycles. The van der Waals surface area contributed by atoms with Gasteiger partial charge in [-0.1, -0.05) is 18.2 Å². The molecule has 1 fully saturated rings. The number of piperidine rings is 1. The lowest BCUT2D eigenvalue weighted by Crippen LogP contribution is -2.40. The van der Waals surface area contributed by atoms with Crippen LogP contribution in [0.4, 0.5) is 5.69 Å². The predicted molar refractivity (Wildman–Crippen MR) is 61.6 cm³/mol. The molecule has 3 nitrogen and oxygen atoms in total. The van der Waals surface area contributed by atoms with Gasteiger partial charge in [0.15, 0.2) is 0 Å². The molecule has 82 valence electrons. The largest absolute Gasteiger partial charge is 0.398 e. The zero-order chi connectivity index (χ0) is 10.9. The quantitative estimate of drug-likeness (QED) is 0.604. The highest BCUT2D eigenvalue weighted by molar-refractivity contribution is 5.55. The average molecular weight is 206 g/mol. The maximum Gasteiger partial charge on any atom is 0.0940 e. The number of rotatable bonds is 1. The van der Waals surface area contributed by atoms with Gasteiger partial charge < -0.3 is 16.2 Å². The minimum Gasteiger partial charge on any atom is -0.398 e. The summed E-state index contributed by atoms with van der Waals surface area (Å²) in [6.45, 7) is 3.68. The van der Waals surface area contributed by atoms with E-state index in [9.17, 15) is 5.11 Å². The lowest BCUT2D eigenvalue weighted by atomic mass is 9.83. The van der Waals surface area contributed by atoms with Crippen molar-refractivity contribution in [2.24, 2.45) is 0 Å². The van der Waals surface area contributed by atoms with E-state index in [2.05, 4.69) is 5.32 Å². The van der Waals surface area contributed by atoms with Gasteiger partial charge in [0.1, 0.15) is 0 Å². The Morgan fingerprint density at radius 1 is 1.33 bits per heavy atom. The molecule has 0 amide bonds. The van der Waals surface area contributed by atoms with Gasteiger partial charge in [-0.05, 0) is 38.4 Å². The fourth-order valence-corrected chi connectivity index (χ4v) is 2.20. The molecule has 4 N–H and O–H groups in total. The molecular weight excluding hydrogens is 188 g/mol. The SMILES string of the molecule is Cc1cccc(C2(O)CCNCC2)c1N. The minimum atomic E-state index is -0.735. The van der Waals surface area contributed by atoms with Crippen LogP contribution >= 0.6 is 0 Å². The standard InChI is InChI=1S/C12H18N2O/c1-9-3-2-4-10(11(9)13)12(15)5-7-14-8-6-12/h2-4,14-15H,5-8,13H2,1H3. The number of nitrogens with two attached hydrogens (primary N) is 1. The number of hydrogen-bond acceptors (Lipinski definition) is 3. The van der Waals surface area contributed by atoms with Crippen molar-refractivity contribution in [3.63, 3.8) is 0 Å².